The maximum absolute atomic E-state index is 13.1. The first-order chi connectivity index (χ1) is 9.96. The molecular formula is C15H22ClFN2O2. The summed E-state index contributed by atoms with van der Waals surface area (Å²) in [4.78, 5) is 11.9. The van der Waals surface area contributed by atoms with Crippen molar-refractivity contribution in [1.82, 2.24) is 5.32 Å². The first-order valence-corrected chi connectivity index (χ1v) is 7.45. The lowest BCUT2D eigenvalue weighted by Crippen LogP contribution is -2.39. The van der Waals surface area contributed by atoms with Crippen LogP contribution in [0.2, 0.25) is 5.02 Å². The van der Waals surface area contributed by atoms with Crippen LogP contribution in [0, 0.1) is 11.2 Å². The molecule has 118 valence electrons. The zero-order valence-corrected chi connectivity index (χ0v) is 13.1. The van der Waals surface area contributed by atoms with E-state index in [2.05, 4.69) is 10.6 Å². The minimum Gasteiger partial charge on any atom is -0.396 e. The summed E-state index contributed by atoms with van der Waals surface area (Å²) < 4.78 is 13.1. The van der Waals surface area contributed by atoms with Crippen LogP contribution in [-0.4, -0.2) is 24.3 Å². The van der Waals surface area contributed by atoms with Crippen molar-refractivity contribution >= 4 is 23.3 Å². The van der Waals surface area contributed by atoms with Crippen LogP contribution in [0.5, 0.6) is 0 Å². The van der Waals surface area contributed by atoms with E-state index >= 15 is 0 Å². The SMILES string of the molecule is CCC(CC)(CCO)CNC(=O)Nc1cc(F)ccc1Cl. The van der Waals surface area contributed by atoms with Gasteiger partial charge in [0.1, 0.15) is 5.82 Å². The fourth-order valence-corrected chi connectivity index (χ4v) is 2.37. The number of halogens is 2. The third-order valence-electron chi connectivity index (χ3n) is 3.94. The summed E-state index contributed by atoms with van der Waals surface area (Å²) in [5.74, 6) is -0.466. The number of benzene rings is 1. The van der Waals surface area contributed by atoms with Crippen LogP contribution < -0.4 is 10.6 Å². The van der Waals surface area contributed by atoms with E-state index in [1.54, 1.807) is 0 Å². The maximum Gasteiger partial charge on any atom is 0.319 e. The number of aliphatic hydroxyl groups is 1. The smallest absolute Gasteiger partial charge is 0.319 e. The first-order valence-electron chi connectivity index (χ1n) is 7.07. The summed E-state index contributed by atoms with van der Waals surface area (Å²) in [5, 5.41) is 14.7. The van der Waals surface area contributed by atoms with E-state index in [1.807, 2.05) is 13.8 Å². The van der Waals surface area contributed by atoms with Gasteiger partial charge in [0.05, 0.1) is 10.7 Å². The van der Waals surface area contributed by atoms with Crippen LogP contribution in [0.4, 0.5) is 14.9 Å². The van der Waals surface area contributed by atoms with Crippen molar-refractivity contribution in [1.29, 1.82) is 0 Å². The van der Waals surface area contributed by atoms with Gasteiger partial charge in [0.15, 0.2) is 0 Å². The molecule has 0 unspecified atom stereocenters. The molecule has 4 nitrogen and oxygen atoms in total. The molecule has 1 rings (SSSR count). The monoisotopic (exact) mass is 316 g/mol. The van der Waals surface area contributed by atoms with Crippen molar-refractivity contribution < 1.29 is 14.3 Å². The molecule has 21 heavy (non-hydrogen) atoms. The van der Waals surface area contributed by atoms with Crippen molar-refractivity contribution in [2.45, 2.75) is 33.1 Å². The number of nitrogens with one attached hydrogen (secondary N) is 2. The predicted molar refractivity (Wildman–Crippen MR) is 83.1 cm³/mol. The zero-order chi connectivity index (χ0) is 15.9. The van der Waals surface area contributed by atoms with Gasteiger partial charge in [-0.2, -0.15) is 0 Å². The molecule has 1 aromatic rings. The Kier molecular flexibility index (Phi) is 6.92. The van der Waals surface area contributed by atoms with Gasteiger partial charge >= 0.3 is 6.03 Å². The largest absolute Gasteiger partial charge is 0.396 e. The Morgan fingerprint density at radius 2 is 2.05 bits per heavy atom. The molecule has 0 saturated heterocycles. The highest BCUT2D eigenvalue weighted by Crippen LogP contribution is 2.29. The van der Waals surface area contributed by atoms with Crippen LogP contribution in [0.25, 0.3) is 0 Å². The number of rotatable bonds is 7. The van der Waals surface area contributed by atoms with Gasteiger partial charge < -0.3 is 15.7 Å². The van der Waals surface area contributed by atoms with Crippen molar-refractivity contribution in [2.75, 3.05) is 18.5 Å². The molecule has 0 spiro atoms. The van der Waals surface area contributed by atoms with E-state index in [9.17, 15) is 9.18 Å². The second kappa shape index (κ2) is 8.20. The molecule has 0 atom stereocenters. The van der Waals surface area contributed by atoms with Gasteiger partial charge in [-0.3, -0.25) is 0 Å². The summed E-state index contributed by atoms with van der Waals surface area (Å²) in [7, 11) is 0. The van der Waals surface area contributed by atoms with E-state index < -0.39 is 11.8 Å². The highest BCUT2D eigenvalue weighted by atomic mass is 35.5. The molecule has 0 radical (unpaired) electrons. The molecule has 6 heteroatoms. The maximum atomic E-state index is 13.1. The fraction of sp³-hybridized carbons (Fsp3) is 0.533. The second-order valence-corrected chi connectivity index (χ2v) is 5.52. The third kappa shape index (κ3) is 5.17. The number of hydrogen-bond acceptors (Lipinski definition) is 2. The summed E-state index contributed by atoms with van der Waals surface area (Å²) in [5.41, 5.74) is 0.104. The number of carbonyl (C=O) groups is 1. The van der Waals surface area contributed by atoms with Crippen LogP contribution in [0.1, 0.15) is 33.1 Å². The molecule has 0 saturated carbocycles. The summed E-state index contributed by atoms with van der Waals surface area (Å²) >= 11 is 5.89. The van der Waals surface area contributed by atoms with Crippen molar-refractivity contribution in [3.63, 3.8) is 0 Å². The molecule has 0 bridgehead atoms. The summed E-state index contributed by atoms with van der Waals surface area (Å²) in [6.45, 7) is 4.59. The van der Waals surface area contributed by atoms with Gasteiger partial charge in [-0.1, -0.05) is 25.4 Å². The minimum atomic E-state index is -0.466. The van der Waals surface area contributed by atoms with Crippen molar-refractivity contribution in [2.24, 2.45) is 5.41 Å². The van der Waals surface area contributed by atoms with Crippen LogP contribution in [0.15, 0.2) is 18.2 Å². The Balaban J connectivity index is 2.63. The Labute approximate surface area is 129 Å². The normalized spacial score (nSPS) is 11.3. The number of hydrogen-bond donors (Lipinski definition) is 3. The third-order valence-corrected chi connectivity index (χ3v) is 4.27. The molecule has 2 amide bonds. The van der Waals surface area contributed by atoms with E-state index in [0.29, 0.717) is 13.0 Å². The molecule has 1 aromatic carbocycles. The lowest BCUT2D eigenvalue weighted by Gasteiger charge is -2.31. The molecule has 0 aliphatic heterocycles. The molecular weight excluding hydrogens is 295 g/mol. The molecule has 3 N–H and O–H groups in total. The Morgan fingerprint density at radius 1 is 1.38 bits per heavy atom. The molecule has 0 aromatic heterocycles. The Morgan fingerprint density at radius 3 is 2.62 bits per heavy atom. The molecule has 0 aliphatic rings. The highest BCUT2D eigenvalue weighted by Gasteiger charge is 2.26. The Hall–Kier alpha value is -1.33. The number of aliphatic hydroxyl groups excluding tert-OH is 1. The lowest BCUT2D eigenvalue weighted by molar-refractivity contribution is 0.165. The Bertz CT molecular complexity index is 479. The number of urea groups is 1. The van der Waals surface area contributed by atoms with Crippen LogP contribution in [-0.2, 0) is 0 Å². The van der Waals surface area contributed by atoms with Gasteiger partial charge in [-0.05, 0) is 42.9 Å². The number of anilines is 1. The number of amides is 2. The van der Waals surface area contributed by atoms with Gasteiger partial charge in [0.2, 0.25) is 0 Å². The van der Waals surface area contributed by atoms with E-state index in [-0.39, 0.29) is 22.7 Å². The van der Waals surface area contributed by atoms with Gasteiger partial charge in [-0.15, -0.1) is 0 Å². The topological polar surface area (TPSA) is 61.4 Å². The minimum absolute atomic E-state index is 0.0840. The lowest BCUT2D eigenvalue weighted by atomic mass is 9.79. The van der Waals surface area contributed by atoms with Gasteiger partial charge in [-0.25, -0.2) is 9.18 Å². The van der Waals surface area contributed by atoms with E-state index in [0.717, 1.165) is 12.8 Å². The predicted octanol–water partition coefficient (Wildman–Crippen LogP) is 3.79. The van der Waals surface area contributed by atoms with E-state index in [4.69, 9.17) is 16.7 Å². The average molecular weight is 317 g/mol. The van der Waals surface area contributed by atoms with Crippen molar-refractivity contribution in [3.8, 4) is 0 Å². The highest BCUT2D eigenvalue weighted by molar-refractivity contribution is 6.33. The molecule has 0 heterocycles. The summed E-state index contributed by atoms with van der Waals surface area (Å²) in [6, 6.07) is 3.35. The quantitative estimate of drug-likeness (QED) is 0.716. The fourth-order valence-electron chi connectivity index (χ4n) is 2.21. The second-order valence-electron chi connectivity index (χ2n) is 5.11. The molecule has 0 aliphatic carbocycles. The average Bonchev–Trinajstić information content (AvgIpc) is 2.47. The standard InChI is InChI=1S/C15H22ClFN2O2/c1-3-15(4-2,7-8-20)10-18-14(21)19-13-9-11(17)5-6-12(13)16/h5-6,9,20H,3-4,7-8,10H2,1-2H3,(H2,18,19,21). The molecule has 0 fully saturated rings. The van der Waals surface area contributed by atoms with E-state index in [1.165, 1.54) is 18.2 Å². The van der Waals surface area contributed by atoms with Gasteiger partial charge in [0.25, 0.3) is 0 Å². The summed E-state index contributed by atoms with van der Waals surface area (Å²) in [6.07, 6.45) is 2.33. The van der Waals surface area contributed by atoms with Gasteiger partial charge in [0, 0.05) is 13.2 Å². The number of carbonyl (C=O) groups excluding carboxylic acids is 1. The van der Waals surface area contributed by atoms with Crippen LogP contribution >= 0.6 is 11.6 Å². The van der Waals surface area contributed by atoms with Crippen molar-refractivity contribution in [3.05, 3.63) is 29.0 Å². The van der Waals surface area contributed by atoms with Crippen LogP contribution in [0.3, 0.4) is 0 Å². The zero-order valence-electron chi connectivity index (χ0n) is 12.4. The first kappa shape index (κ1) is 17.7.